The molecule has 2 heteroatoms. The lowest BCUT2D eigenvalue weighted by Crippen LogP contribution is -2.60. The molecule has 3 aliphatic rings. The fourth-order valence-electron chi connectivity index (χ4n) is 4.03. The molecular formula is C15H28N2. The summed E-state index contributed by atoms with van der Waals surface area (Å²) < 4.78 is 0. The zero-order valence-corrected chi connectivity index (χ0v) is 11.8. The van der Waals surface area contributed by atoms with Crippen LogP contribution in [0.5, 0.6) is 0 Å². The molecule has 0 radical (unpaired) electrons. The number of piperazine rings is 1. The summed E-state index contributed by atoms with van der Waals surface area (Å²) in [5.74, 6) is 0. The number of rotatable bonds is 2. The fraction of sp³-hybridized carbons (Fsp3) is 1.00. The third-order valence-electron chi connectivity index (χ3n) is 5.42. The van der Waals surface area contributed by atoms with E-state index in [1.165, 1.54) is 51.7 Å². The smallest absolute Gasteiger partial charge is 0.0224 e. The first-order valence-corrected chi connectivity index (χ1v) is 7.61. The Morgan fingerprint density at radius 3 is 2.59 bits per heavy atom. The molecule has 0 aromatic rings. The molecule has 3 atom stereocenters. The topological polar surface area (TPSA) is 6.48 Å². The third-order valence-corrected chi connectivity index (χ3v) is 5.42. The van der Waals surface area contributed by atoms with Crippen molar-refractivity contribution in [1.82, 2.24) is 9.80 Å². The van der Waals surface area contributed by atoms with Crippen LogP contribution in [0.3, 0.4) is 0 Å². The van der Waals surface area contributed by atoms with Crippen LogP contribution in [0, 0.1) is 5.41 Å². The van der Waals surface area contributed by atoms with Gasteiger partial charge in [-0.2, -0.15) is 0 Å². The Kier molecular flexibility index (Phi) is 2.99. The summed E-state index contributed by atoms with van der Waals surface area (Å²) in [5, 5.41) is 0. The van der Waals surface area contributed by atoms with Gasteiger partial charge in [-0.15, -0.1) is 0 Å². The minimum atomic E-state index is 0.601. The summed E-state index contributed by atoms with van der Waals surface area (Å²) in [5.41, 5.74) is 0.601. The van der Waals surface area contributed by atoms with Crippen LogP contribution in [-0.4, -0.2) is 47.6 Å². The second-order valence-electron chi connectivity index (χ2n) is 7.11. The molecule has 1 aliphatic carbocycles. The van der Waals surface area contributed by atoms with Crippen LogP contribution >= 0.6 is 0 Å². The van der Waals surface area contributed by atoms with Gasteiger partial charge in [-0.25, -0.2) is 0 Å². The van der Waals surface area contributed by atoms with E-state index in [-0.39, 0.29) is 0 Å². The highest BCUT2D eigenvalue weighted by molar-refractivity contribution is 5.07. The zero-order chi connectivity index (χ0) is 12.0. The highest BCUT2D eigenvalue weighted by atomic mass is 15.3. The predicted molar refractivity (Wildman–Crippen MR) is 72.2 cm³/mol. The van der Waals surface area contributed by atoms with Crippen molar-refractivity contribution >= 4 is 0 Å². The Labute approximate surface area is 106 Å². The Morgan fingerprint density at radius 2 is 1.94 bits per heavy atom. The first-order chi connectivity index (χ1) is 8.12. The largest absolute Gasteiger partial charge is 0.298 e. The number of nitrogens with zero attached hydrogens (tertiary/aromatic N) is 2. The lowest BCUT2D eigenvalue weighted by atomic mass is 9.95. The van der Waals surface area contributed by atoms with Gasteiger partial charge >= 0.3 is 0 Å². The van der Waals surface area contributed by atoms with Gasteiger partial charge in [-0.05, 0) is 37.6 Å². The molecule has 2 aliphatic heterocycles. The summed E-state index contributed by atoms with van der Waals surface area (Å²) in [6, 6.07) is 2.59. The highest BCUT2D eigenvalue weighted by Gasteiger charge is 2.52. The van der Waals surface area contributed by atoms with Crippen LogP contribution in [0.15, 0.2) is 0 Å². The molecular weight excluding hydrogens is 208 g/mol. The molecule has 17 heavy (non-hydrogen) atoms. The van der Waals surface area contributed by atoms with E-state index in [1.54, 1.807) is 0 Å². The molecule has 0 aromatic carbocycles. The minimum Gasteiger partial charge on any atom is -0.298 e. The lowest BCUT2D eigenvalue weighted by molar-refractivity contribution is -0.00236. The molecule has 0 aromatic heterocycles. The molecule has 3 rings (SSSR count). The summed E-state index contributed by atoms with van der Waals surface area (Å²) in [6.45, 7) is 11.3. The van der Waals surface area contributed by atoms with Gasteiger partial charge < -0.3 is 0 Å². The number of fused-ring (bicyclic) bond motifs is 1. The SMILES string of the molecule is CCC1CN2CCCCC2CN1C1CC1(C)C. The van der Waals surface area contributed by atoms with E-state index < -0.39 is 0 Å². The highest BCUT2D eigenvalue weighted by Crippen LogP contribution is 2.50. The van der Waals surface area contributed by atoms with Crippen LogP contribution in [-0.2, 0) is 0 Å². The third kappa shape index (κ3) is 2.15. The Hall–Kier alpha value is -0.0800. The molecule has 98 valence electrons. The first-order valence-electron chi connectivity index (χ1n) is 7.61. The maximum Gasteiger partial charge on any atom is 0.0224 e. The van der Waals surface area contributed by atoms with E-state index in [0.717, 1.165) is 18.1 Å². The molecule has 2 saturated heterocycles. The molecule has 0 bridgehead atoms. The van der Waals surface area contributed by atoms with Crippen molar-refractivity contribution in [1.29, 1.82) is 0 Å². The van der Waals surface area contributed by atoms with E-state index in [9.17, 15) is 0 Å². The average molecular weight is 236 g/mol. The monoisotopic (exact) mass is 236 g/mol. The standard InChI is InChI=1S/C15H28N2/c1-4-12-10-16-8-6-5-7-13(16)11-17(12)14-9-15(14,2)3/h12-14H,4-11H2,1-3H3. The molecule has 0 N–H and O–H groups in total. The molecule has 3 fully saturated rings. The lowest BCUT2D eigenvalue weighted by Gasteiger charge is -2.49. The van der Waals surface area contributed by atoms with E-state index >= 15 is 0 Å². The Morgan fingerprint density at radius 1 is 1.18 bits per heavy atom. The van der Waals surface area contributed by atoms with Gasteiger partial charge in [0.05, 0.1) is 0 Å². The predicted octanol–water partition coefficient (Wildman–Crippen LogP) is 2.73. The summed E-state index contributed by atoms with van der Waals surface area (Å²) in [6.07, 6.45) is 7.09. The molecule has 2 nitrogen and oxygen atoms in total. The van der Waals surface area contributed by atoms with E-state index in [2.05, 4.69) is 30.6 Å². The van der Waals surface area contributed by atoms with Gasteiger partial charge in [0, 0.05) is 31.2 Å². The van der Waals surface area contributed by atoms with Gasteiger partial charge in [0.15, 0.2) is 0 Å². The fourth-order valence-corrected chi connectivity index (χ4v) is 4.03. The van der Waals surface area contributed by atoms with E-state index in [0.29, 0.717) is 5.41 Å². The number of hydrogen-bond donors (Lipinski definition) is 0. The number of piperidine rings is 1. The summed E-state index contributed by atoms with van der Waals surface area (Å²) in [4.78, 5) is 5.65. The van der Waals surface area contributed by atoms with Gasteiger partial charge in [-0.1, -0.05) is 27.2 Å². The van der Waals surface area contributed by atoms with Crippen molar-refractivity contribution in [3.8, 4) is 0 Å². The first kappa shape index (κ1) is 12.0. The van der Waals surface area contributed by atoms with Crippen LogP contribution in [0.2, 0.25) is 0 Å². The Bertz CT molecular complexity index is 287. The van der Waals surface area contributed by atoms with Crippen molar-refractivity contribution in [2.24, 2.45) is 5.41 Å². The molecule has 0 amide bonds. The number of hydrogen-bond acceptors (Lipinski definition) is 2. The second-order valence-corrected chi connectivity index (χ2v) is 7.11. The van der Waals surface area contributed by atoms with Crippen LogP contribution < -0.4 is 0 Å². The molecule has 2 heterocycles. The second kappa shape index (κ2) is 4.24. The molecule has 1 saturated carbocycles. The van der Waals surface area contributed by atoms with Crippen molar-refractivity contribution < 1.29 is 0 Å². The summed E-state index contributed by atoms with van der Waals surface area (Å²) >= 11 is 0. The Balaban J connectivity index is 1.70. The van der Waals surface area contributed by atoms with Crippen LogP contribution in [0.4, 0.5) is 0 Å². The maximum atomic E-state index is 2.87. The van der Waals surface area contributed by atoms with Gasteiger partial charge in [0.2, 0.25) is 0 Å². The minimum absolute atomic E-state index is 0.601. The van der Waals surface area contributed by atoms with Gasteiger partial charge in [0.1, 0.15) is 0 Å². The van der Waals surface area contributed by atoms with Gasteiger partial charge in [0.25, 0.3) is 0 Å². The van der Waals surface area contributed by atoms with Crippen molar-refractivity contribution in [2.75, 3.05) is 19.6 Å². The summed E-state index contributed by atoms with van der Waals surface area (Å²) in [7, 11) is 0. The molecule has 0 spiro atoms. The van der Waals surface area contributed by atoms with Crippen molar-refractivity contribution in [3.05, 3.63) is 0 Å². The quantitative estimate of drug-likeness (QED) is 0.727. The zero-order valence-electron chi connectivity index (χ0n) is 11.8. The average Bonchev–Trinajstić information content (AvgIpc) is 2.96. The van der Waals surface area contributed by atoms with Crippen LogP contribution in [0.1, 0.15) is 52.9 Å². The van der Waals surface area contributed by atoms with Gasteiger partial charge in [-0.3, -0.25) is 9.80 Å². The maximum absolute atomic E-state index is 2.87. The van der Waals surface area contributed by atoms with Crippen LogP contribution in [0.25, 0.3) is 0 Å². The van der Waals surface area contributed by atoms with Crippen molar-refractivity contribution in [2.45, 2.75) is 71.0 Å². The van der Waals surface area contributed by atoms with E-state index in [1.807, 2.05) is 0 Å². The van der Waals surface area contributed by atoms with Crippen molar-refractivity contribution in [3.63, 3.8) is 0 Å². The normalized spacial score (nSPS) is 42.2. The molecule has 3 unspecified atom stereocenters. The van der Waals surface area contributed by atoms with E-state index in [4.69, 9.17) is 0 Å².